The molecule has 7 heteroatoms. The van der Waals surface area contributed by atoms with Crippen LogP contribution in [0.4, 0.5) is 11.4 Å². The lowest BCUT2D eigenvalue weighted by molar-refractivity contribution is -0.383. The van der Waals surface area contributed by atoms with E-state index in [1.165, 1.54) is 18.2 Å². The summed E-state index contributed by atoms with van der Waals surface area (Å²) in [6.07, 6.45) is 2.43. The normalized spacial score (nSPS) is 22.2. The number of anilines is 1. The highest BCUT2D eigenvalue weighted by atomic mass is 35.5. The average Bonchev–Trinajstić information content (AvgIpc) is 2.77. The Hall–Kier alpha value is -1.66. The van der Waals surface area contributed by atoms with Crippen LogP contribution in [-0.4, -0.2) is 16.9 Å². The first-order chi connectivity index (χ1) is 8.99. The van der Waals surface area contributed by atoms with Crippen molar-refractivity contribution in [2.75, 3.05) is 5.32 Å². The SMILES string of the molecule is NC1CCCC1C(=O)Nc1ccc(Cl)cc1[N+](=O)[O-]. The van der Waals surface area contributed by atoms with Crippen molar-refractivity contribution in [2.24, 2.45) is 11.7 Å². The van der Waals surface area contributed by atoms with E-state index in [-0.39, 0.29) is 34.3 Å². The van der Waals surface area contributed by atoms with Crippen molar-refractivity contribution in [1.82, 2.24) is 0 Å². The van der Waals surface area contributed by atoms with E-state index in [1.54, 1.807) is 0 Å². The number of nitrogens with one attached hydrogen (secondary N) is 1. The van der Waals surface area contributed by atoms with Crippen molar-refractivity contribution in [3.63, 3.8) is 0 Å². The van der Waals surface area contributed by atoms with E-state index >= 15 is 0 Å². The fraction of sp³-hybridized carbons (Fsp3) is 0.417. The molecule has 0 heterocycles. The van der Waals surface area contributed by atoms with Crippen molar-refractivity contribution in [3.05, 3.63) is 33.3 Å². The molecular weight excluding hydrogens is 270 g/mol. The Labute approximate surface area is 115 Å². The molecule has 0 aliphatic heterocycles. The number of hydrogen-bond donors (Lipinski definition) is 2. The summed E-state index contributed by atoms with van der Waals surface area (Å²) in [6.45, 7) is 0. The van der Waals surface area contributed by atoms with Gasteiger partial charge in [0.15, 0.2) is 0 Å². The van der Waals surface area contributed by atoms with E-state index in [0.717, 1.165) is 12.8 Å². The monoisotopic (exact) mass is 283 g/mol. The van der Waals surface area contributed by atoms with E-state index in [1.807, 2.05) is 0 Å². The number of carbonyl (C=O) groups is 1. The average molecular weight is 284 g/mol. The number of halogens is 1. The summed E-state index contributed by atoms with van der Waals surface area (Å²) < 4.78 is 0. The van der Waals surface area contributed by atoms with Crippen molar-refractivity contribution >= 4 is 28.9 Å². The highest BCUT2D eigenvalue weighted by molar-refractivity contribution is 6.31. The van der Waals surface area contributed by atoms with Gasteiger partial charge in [-0.05, 0) is 25.0 Å². The predicted octanol–water partition coefficient (Wildman–Crippen LogP) is 2.31. The summed E-state index contributed by atoms with van der Waals surface area (Å²) in [7, 11) is 0. The van der Waals surface area contributed by atoms with Gasteiger partial charge in [-0.15, -0.1) is 0 Å². The molecule has 1 saturated carbocycles. The van der Waals surface area contributed by atoms with Gasteiger partial charge in [-0.25, -0.2) is 0 Å². The lowest BCUT2D eigenvalue weighted by Gasteiger charge is -2.15. The fourth-order valence-electron chi connectivity index (χ4n) is 2.30. The molecule has 19 heavy (non-hydrogen) atoms. The molecule has 0 radical (unpaired) electrons. The van der Waals surface area contributed by atoms with Crippen LogP contribution in [0.3, 0.4) is 0 Å². The van der Waals surface area contributed by atoms with Crippen molar-refractivity contribution < 1.29 is 9.72 Å². The van der Waals surface area contributed by atoms with Crippen LogP contribution in [-0.2, 0) is 4.79 Å². The van der Waals surface area contributed by atoms with Gasteiger partial charge in [0.25, 0.3) is 5.69 Å². The summed E-state index contributed by atoms with van der Waals surface area (Å²) in [5.41, 5.74) is 5.78. The number of benzene rings is 1. The molecule has 1 aromatic carbocycles. The second-order valence-corrected chi connectivity index (χ2v) is 5.05. The summed E-state index contributed by atoms with van der Waals surface area (Å²) >= 11 is 5.71. The van der Waals surface area contributed by atoms with Crippen molar-refractivity contribution in [3.8, 4) is 0 Å². The Morgan fingerprint density at radius 1 is 1.47 bits per heavy atom. The molecule has 6 nitrogen and oxygen atoms in total. The second-order valence-electron chi connectivity index (χ2n) is 4.61. The van der Waals surface area contributed by atoms with Gasteiger partial charge in [0.1, 0.15) is 5.69 Å². The van der Waals surface area contributed by atoms with Crippen LogP contribution in [0.15, 0.2) is 18.2 Å². The number of amides is 1. The van der Waals surface area contributed by atoms with Gasteiger partial charge in [-0.1, -0.05) is 18.0 Å². The first-order valence-corrected chi connectivity index (χ1v) is 6.37. The van der Waals surface area contributed by atoms with Gasteiger partial charge in [0.2, 0.25) is 5.91 Å². The van der Waals surface area contributed by atoms with Gasteiger partial charge in [0, 0.05) is 17.1 Å². The third kappa shape index (κ3) is 3.02. The molecule has 2 rings (SSSR count). The van der Waals surface area contributed by atoms with Gasteiger partial charge < -0.3 is 11.1 Å². The number of rotatable bonds is 3. The highest BCUT2D eigenvalue weighted by Gasteiger charge is 2.31. The Bertz CT molecular complexity index is 521. The topological polar surface area (TPSA) is 98.3 Å². The Balaban J connectivity index is 2.19. The molecule has 2 unspecified atom stereocenters. The molecule has 2 atom stereocenters. The van der Waals surface area contributed by atoms with Crippen LogP contribution in [0, 0.1) is 16.0 Å². The standard InChI is InChI=1S/C12H14ClN3O3/c13-7-4-5-10(11(6-7)16(18)19)15-12(17)8-2-1-3-9(8)14/h4-6,8-9H,1-3,14H2,(H,15,17). The maximum absolute atomic E-state index is 12.0. The van der Waals surface area contributed by atoms with Gasteiger partial charge in [-0.2, -0.15) is 0 Å². The molecule has 1 fully saturated rings. The van der Waals surface area contributed by atoms with E-state index in [4.69, 9.17) is 17.3 Å². The smallest absolute Gasteiger partial charge is 0.294 e. The minimum Gasteiger partial charge on any atom is -0.327 e. The van der Waals surface area contributed by atoms with Crippen molar-refractivity contribution in [2.45, 2.75) is 25.3 Å². The van der Waals surface area contributed by atoms with Gasteiger partial charge in [0.05, 0.1) is 10.8 Å². The molecule has 0 spiro atoms. The molecule has 1 amide bonds. The van der Waals surface area contributed by atoms with Crippen LogP contribution in [0.1, 0.15) is 19.3 Å². The molecule has 0 saturated heterocycles. The zero-order valence-corrected chi connectivity index (χ0v) is 10.9. The van der Waals surface area contributed by atoms with Crippen LogP contribution in [0.2, 0.25) is 5.02 Å². The lowest BCUT2D eigenvalue weighted by Crippen LogP contribution is -2.34. The Kier molecular flexibility index (Phi) is 4.01. The fourth-order valence-corrected chi connectivity index (χ4v) is 2.47. The van der Waals surface area contributed by atoms with E-state index in [9.17, 15) is 14.9 Å². The van der Waals surface area contributed by atoms with Crippen LogP contribution < -0.4 is 11.1 Å². The summed E-state index contributed by atoms with van der Waals surface area (Å²) in [4.78, 5) is 22.4. The van der Waals surface area contributed by atoms with Crippen LogP contribution in [0.25, 0.3) is 0 Å². The lowest BCUT2D eigenvalue weighted by atomic mass is 10.0. The molecule has 1 aliphatic rings. The number of hydrogen-bond acceptors (Lipinski definition) is 4. The number of nitrogens with two attached hydrogens (primary N) is 1. The van der Waals surface area contributed by atoms with Gasteiger partial charge >= 0.3 is 0 Å². The first-order valence-electron chi connectivity index (χ1n) is 5.99. The molecular formula is C12H14ClN3O3. The Morgan fingerprint density at radius 3 is 2.79 bits per heavy atom. The zero-order chi connectivity index (χ0) is 14.0. The molecule has 3 N–H and O–H groups in total. The Morgan fingerprint density at radius 2 is 2.21 bits per heavy atom. The molecule has 0 aromatic heterocycles. The third-order valence-corrected chi connectivity index (χ3v) is 3.56. The predicted molar refractivity (Wildman–Crippen MR) is 72.1 cm³/mol. The summed E-state index contributed by atoms with van der Waals surface area (Å²) in [6, 6.07) is 3.97. The third-order valence-electron chi connectivity index (χ3n) is 3.32. The van der Waals surface area contributed by atoms with Gasteiger partial charge in [-0.3, -0.25) is 14.9 Å². The minimum atomic E-state index is -0.573. The number of nitro groups is 1. The zero-order valence-electron chi connectivity index (χ0n) is 10.1. The maximum Gasteiger partial charge on any atom is 0.294 e. The molecule has 1 aromatic rings. The molecule has 102 valence electrons. The largest absolute Gasteiger partial charge is 0.327 e. The first kappa shape index (κ1) is 13.8. The quantitative estimate of drug-likeness (QED) is 0.657. The van der Waals surface area contributed by atoms with Crippen LogP contribution >= 0.6 is 11.6 Å². The molecule has 0 bridgehead atoms. The number of nitro benzene ring substituents is 1. The molecule has 1 aliphatic carbocycles. The van der Waals surface area contributed by atoms with Crippen molar-refractivity contribution in [1.29, 1.82) is 0 Å². The summed E-state index contributed by atoms with van der Waals surface area (Å²) in [5, 5.41) is 13.7. The number of carbonyl (C=O) groups excluding carboxylic acids is 1. The number of nitrogens with zero attached hydrogens (tertiary/aromatic N) is 1. The van der Waals surface area contributed by atoms with E-state index in [0.29, 0.717) is 6.42 Å². The highest BCUT2D eigenvalue weighted by Crippen LogP contribution is 2.30. The van der Waals surface area contributed by atoms with E-state index < -0.39 is 4.92 Å². The van der Waals surface area contributed by atoms with Crippen LogP contribution in [0.5, 0.6) is 0 Å². The second kappa shape index (κ2) is 5.54. The summed E-state index contributed by atoms with van der Waals surface area (Å²) in [5.74, 6) is -0.550. The minimum absolute atomic E-state index is 0.151. The van der Waals surface area contributed by atoms with E-state index in [2.05, 4.69) is 5.32 Å². The maximum atomic E-state index is 12.0.